The van der Waals surface area contributed by atoms with Gasteiger partial charge in [0.15, 0.2) is 15.5 Å². The number of hydrogen-bond donors (Lipinski definition) is 1. The lowest BCUT2D eigenvalue weighted by Crippen LogP contribution is -2.42. The minimum absolute atomic E-state index is 0.0253. The molecule has 0 aromatic carbocycles. The standard InChI is InChI=1S/C22H28N4O5S/c1-4-8-25(15-7-9-32(30,31)12-15)21(28)16-10-17(14-5-6-14)23-19-18(16)20(27)24-22(29)26(19)11-13(2)3/h4,10,13-15H,1,5-9,11-12H2,2-3H3,(H,24,27,29). The van der Waals surface area contributed by atoms with Gasteiger partial charge in [-0.3, -0.25) is 19.1 Å². The summed E-state index contributed by atoms with van der Waals surface area (Å²) in [4.78, 5) is 47.6. The van der Waals surface area contributed by atoms with Gasteiger partial charge >= 0.3 is 5.69 Å². The Morgan fingerprint density at radius 2 is 2.06 bits per heavy atom. The molecule has 1 N–H and O–H groups in total. The summed E-state index contributed by atoms with van der Waals surface area (Å²) in [5.74, 6) is -0.223. The van der Waals surface area contributed by atoms with Crippen LogP contribution < -0.4 is 11.2 Å². The topological polar surface area (TPSA) is 122 Å². The highest BCUT2D eigenvalue weighted by molar-refractivity contribution is 7.91. The monoisotopic (exact) mass is 460 g/mol. The molecule has 9 nitrogen and oxygen atoms in total. The molecule has 0 radical (unpaired) electrons. The summed E-state index contributed by atoms with van der Waals surface area (Å²) in [6, 6.07) is 1.15. The molecule has 2 fully saturated rings. The smallest absolute Gasteiger partial charge is 0.330 e. The van der Waals surface area contributed by atoms with Crippen molar-refractivity contribution in [3.8, 4) is 0 Å². The van der Waals surface area contributed by atoms with Crippen LogP contribution in [0.2, 0.25) is 0 Å². The van der Waals surface area contributed by atoms with Gasteiger partial charge in [0, 0.05) is 30.7 Å². The molecule has 0 spiro atoms. The fraction of sp³-hybridized carbons (Fsp3) is 0.545. The van der Waals surface area contributed by atoms with Crippen LogP contribution >= 0.6 is 0 Å². The van der Waals surface area contributed by atoms with E-state index in [0.717, 1.165) is 12.8 Å². The Balaban J connectivity index is 1.92. The predicted molar refractivity (Wildman–Crippen MR) is 122 cm³/mol. The average Bonchev–Trinajstić information content (AvgIpc) is 3.50. The minimum Gasteiger partial charge on any atom is -0.331 e. The highest BCUT2D eigenvalue weighted by Crippen LogP contribution is 2.40. The van der Waals surface area contributed by atoms with Crippen molar-refractivity contribution >= 4 is 26.8 Å². The van der Waals surface area contributed by atoms with Gasteiger partial charge in [0.1, 0.15) is 0 Å². The Labute approximate surface area is 186 Å². The van der Waals surface area contributed by atoms with Crippen LogP contribution in [0.25, 0.3) is 11.0 Å². The summed E-state index contributed by atoms with van der Waals surface area (Å²) in [5, 5.41) is 0.0644. The van der Waals surface area contributed by atoms with E-state index in [-0.39, 0.29) is 46.5 Å². The summed E-state index contributed by atoms with van der Waals surface area (Å²) in [6.45, 7) is 8.11. The van der Waals surface area contributed by atoms with Crippen molar-refractivity contribution in [3.05, 3.63) is 50.8 Å². The van der Waals surface area contributed by atoms with Crippen molar-refractivity contribution in [3.63, 3.8) is 0 Å². The second kappa shape index (κ2) is 8.31. The lowest BCUT2D eigenvalue weighted by molar-refractivity contribution is 0.0722. The lowest BCUT2D eigenvalue weighted by atomic mass is 10.1. The molecule has 2 aromatic rings. The number of sulfone groups is 1. The van der Waals surface area contributed by atoms with E-state index in [9.17, 15) is 22.8 Å². The molecule has 2 aliphatic rings. The van der Waals surface area contributed by atoms with E-state index in [4.69, 9.17) is 0 Å². The van der Waals surface area contributed by atoms with Crippen LogP contribution in [0.4, 0.5) is 0 Å². The SMILES string of the molecule is C=CCN(C(=O)c1cc(C2CC2)nc2c1c(=O)[nH]c(=O)n2CC(C)C)C1CCS(=O)(=O)C1. The number of pyridine rings is 1. The Kier molecular flexibility index (Phi) is 5.83. The first-order chi connectivity index (χ1) is 15.1. The Bertz CT molecular complexity index is 1300. The Morgan fingerprint density at radius 3 is 2.62 bits per heavy atom. The van der Waals surface area contributed by atoms with Gasteiger partial charge < -0.3 is 4.90 Å². The third-order valence-electron chi connectivity index (χ3n) is 5.98. The van der Waals surface area contributed by atoms with Gasteiger partial charge in [-0.15, -0.1) is 6.58 Å². The molecule has 3 heterocycles. The summed E-state index contributed by atoms with van der Waals surface area (Å²) in [7, 11) is -3.22. The predicted octanol–water partition coefficient (Wildman–Crippen LogP) is 1.43. The van der Waals surface area contributed by atoms with E-state index in [1.165, 1.54) is 9.47 Å². The molecule has 1 saturated carbocycles. The fourth-order valence-electron chi connectivity index (χ4n) is 4.30. The normalized spacial score (nSPS) is 20.0. The molecule has 172 valence electrons. The number of carbonyl (C=O) groups is 1. The average molecular weight is 461 g/mol. The van der Waals surface area contributed by atoms with Crippen molar-refractivity contribution in [1.29, 1.82) is 0 Å². The van der Waals surface area contributed by atoms with Crippen LogP contribution in [0, 0.1) is 5.92 Å². The van der Waals surface area contributed by atoms with Gasteiger partial charge in [-0.1, -0.05) is 19.9 Å². The summed E-state index contributed by atoms with van der Waals surface area (Å²) < 4.78 is 25.5. The van der Waals surface area contributed by atoms with Gasteiger partial charge in [0.25, 0.3) is 11.5 Å². The minimum atomic E-state index is -3.22. The van der Waals surface area contributed by atoms with E-state index in [2.05, 4.69) is 16.5 Å². The van der Waals surface area contributed by atoms with Crippen LogP contribution in [-0.4, -0.2) is 57.9 Å². The number of rotatable bonds is 7. The number of H-pyrrole nitrogens is 1. The molecular formula is C22H28N4O5S. The second-order valence-corrected chi connectivity index (χ2v) is 11.4. The zero-order valence-electron chi connectivity index (χ0n) is 18.3. The molecule has 2 aromatic heterocycles. The van der Waals surface area contributed by atoms with Crippen molar-refractivity contribution < 1.29 is 13.2 Å². The Hall–Kier alpha value is -2.75. The van der Waals surface area contributed by atoms with Crippen LogP contribution in [0.5, 0.6) is 0 Å². The van der Waals surface area contributed by atoms with Crippen molar-refractivity contribution in [2.75, 3.05) is 18.1 Å². The van der Waals surface area contributed by atoms with Crippen molar-refractivity contribution in [2.24, 2.45) is 5.92 Å². The first-order valence-electron chi connectivity index (χ1n) is 10.9. The van der Waals surface area contributed by atoms with Gasteiger partial charge in [0.2, 0.25) is 0 Å². The number of hydrogen-bond acceptors (Lipinski definition) is 6. The first-order valence-corrected chi connectivity index (χ1v) is 12.7. The molecule has 1 aliphatic carbocycles. The molecule has 1 saturated heterocycles. The Morgan fingerprint density at radius 1 is 1.34 bits per heavy atom. The zero-order chi connectivity index (χ0) is 23.2. The molecule has 1 unspecified atom stereocenters. The molecule has 1 aliphatic heterocycles. The molecule has 0 bridgehead atoms. The van der Waals surface area contributed by atoms with Crippen LogP contribution in [-0.2, 0) is 16.4 Å². The van der Waals surface area contributed by atoms with Crippen LogP contribution in [0.15, 0.2) is 28.3 Å². The highest BCUT2D eigenvalue weighted by atomic mass is 32.2. The molecule has 4 rings (SSSR count). The number of nitrogens with one attached hydrogen (secondary N) is 1. The maximum absolute atomic E-state index is 13.7. The second-order valence-electron chi connectivity index (χ2n) is 9.13. The van der Waals surface area contributed by atoms with Gasteiger partial charge in [-0.25, -0.2) is 18.2 Å². The van der Waals surface area contributed by atoms with Crippen molar-refractivity contribution in [2.45, 2.75) is 51.6 Å². The van der Waals surface area contributed by atoms with Gasteiger partial charge in [0.05, 0.1) is 22.5 Å². The van der Waals surface area contributed by atoms with E-state index >= 15 is 0 Å². The molecule has 32 heavy (non-hydrogen) atoms. The number of carbonyl (C=O) groups excluding carboxylic acids is 1. The van der Waals surface area contributed by atoms with Gasteiger partial charge in [-0.2, -0.15) is 0 Å². The molecule has 1 amide bonds. The molecule has 1 atom stereocenters. The zero-order valence-corrected chi connectivity index (χ0v) is 19.2. The van der Waals surface area contributed by atoms with Crippen molar-refractivity contribution in [1.82, 2.24) is 19.4 Å². The van der Waals surface area contributed by atoms with E-state index < -0.39 is 33.0 Å². The van der Waals surface area contributed by atoms with E-state index in [0.29, 0.717) is 18.7 Å². The molecular weight excluding hydrogens is 432 g/mol. The number of fused-ring (bicyclic) bond motifs is 1. The molecule has 10 heteroatoms. The van der Waals surface area contributed by atoms with E-state index in [1.54, 1.807) is 12.1 Å². The summed E-state index contributed by atoms with van der Waals surface area (Å²) in [6.07, 6.45) is 3.75. The van der Waals surface area contributed by atoms with E-state index in [1.807, 2.05) is 13.8 Å². The number of aromatic nitrogens is 3. The third-order valence-corrected chi connectivity index (χ3v) is 7.73. The fourth-order valence-corrected chi connectivity index (χ4v) is 6.03. The maximum Gasteiger partial charge on any atom is 0.330 e. The lowest BCUT2D eigenvalue weighted by Gasteiger charge is -2.27. The van der Waals surface area contributed by atoms with Crippen LogP contribution in [0.1, 0.15) is 55.1 Å². The van der Waals surface area contributed by atoms with Gasteiger partial charge in [-0.05, 0) is 31.2 Å². The number of nitrogens with zero attached hydrogens (tertiary/aromatic N) is 3. The maximum atomic E-state index is 13.7. The summed E-state index contributed by atoms with van der Waals surface area (Å²) >= 11 is 0. The highest BCUT2D eigenvalue weighted by Gasteiger charge is 2.36. The summed E-state index contributed by atoms with van der Waals surface area (Å²) in [5.41, 5.74) is -0.179. The van der Waals surface area contributed by atoms with Crippen LogP contribution in [0.3, 0.4) is 0 Å². The third kappa shape index (κ3) is 4.28. The largest absolute Gasteiger partial charge is 0.331 e. The number of aromatic amines is 1. The number of amides is 1. The quantitative estimate of drug-likeness (QED) is 0.624. The first kappa shape index (κ1) is 22.4.